The van der Waals surface area contributed by atoms with Crippen molar-refractivity contribution in [2.45, 2.75) is 25.2 Å². The Morgan fingerprint density at radius 2 is 2.14 bits per heavy atom. The van der Waals surface area contributed by atoms with E-state index in [-0.39, 0.29) is 17.6 Å². The van der Waals surface area contributed by atoms with Gasteiger partial charge in [-0.15, -0.1) is 0 Å². The number of hydrogen-bond donors (Lipinski definition) is 0. The molecule has 1 fully saturated rings. The van der Waals surface area contributed by atoms with E-state index in [0.29, 0.717) is 42.7 Å². The van der Waals surface area contributed by atoms with E-state index < -0.39 is 0 Å². The molecule has 0 radical (unpaired) electrons. The van der Waals surface area contributed by atoms with Crippen LogP contribution in [0.5, 0.6) is 5.75 Å². The molecule has 1 amide bonds. The molecule has 29 heavy (non-hydrogen) atoms. The quantitative estimate of drug-likeness (QED) is 0.638. The summed E-state index contributed by atoms with van der Waals surface area (Å²) >= 11 is 0. The summed E-state index contributed by atoms with van der Waals surface area (Å²) in [6, 6.07) is 9.57. The molecule has 1 aromatic carbocycles. The third-order valence-electron chi connectivity index (χ3n) is 5.11. The Bertz CT molecular complexity index is 966. The molecule has 3 heterocycles. The third-order valence-corrected chi connectivity index (χ3v) is 5.11. The normalized spacial score (nSPS) is 16.8. The third kappa shape index (κ3) is 4.47. The predicted molar refractivity (Wildman–Crippen MR) is 103 cm³/mol. The zero-order valence-corrected chi connectivity index (χ0v) is 16.3. The number of aromatic nitrogens is 3. The molecule has 1 saturated heterocycles. The second-order valence-corrected chi connectivity index (χ2v) is 7.20. The molecule has 1 atom stereocenters. The zero-order valence-electron chi connectivity index (χ0n) is 16.3. The van der Waals surface area contributed by atoms with Gasteiger partial charge in [0.2, 0.25) is 5.89 Å². The van der Waals surface area contributed by atoms with Gasteiger partial charge in [0.05, 0.1) is 12.5 Å². The molecule has 0 aliphatic carbocycles. The van der Waals surface area contributed by atoms with Crippen LogP contribution >= 0.6 is 0 Å². The molecule has 0 saturated carbocycles. The summed E-state index contributed by atoms with van der Waals surface area (Å²) in [6.45, 7) is 1.66. The maximum absolute atomic E-state index is 12.9. The van der Waals surface area contributed by atoms with Gasteiger partial charge in [0.25, 0.3) is 5.91 Å². The molecule has 152 valence electrons. The number of benzene rings is 1. The lowest BCUT2D eigenvalue weighted by Gasteiger charge is -2.31. The van der Waals surface area contributed by atoms with Gasteiger partial charge in [-0.2, -0.15) is 4.98 Å². The largest absolute Gasteiger partial charge is 0.493 e. The Labute approximate surface area is 168 Å². The number of halogens is 1. The maximum atomic E-state index is 12.9. The molecule has 3 aromatic rings. The van der Waals surface area contributed by atoms with Gasteiger partial charge in [-0.05, 0) is 49.2 Å². The minimum Gasteiger partial charge on any atom is -0.493 e. The summed E-state index contributed by atoms with van der Waals surface area (Å²) in [5.41, 5.74) is 0.676. The number of hydrogen-bond acceptors (Lipinski definition) is 5. The fourth-order valence-electron chi connectivity index (χ4n) is 3.53. The number of piperidine rings is 1. The number of nitrogens with zero attached hydrogens (tertiary/aromatic N) is 4. The first kappa shape index (κ1) is 19.2. The van der Waals surface area contributed by atoms with E-state index in [9.17, 15) is 9.18 Å². The van der Waals surface area contributed by atoms with Gasteiger partial charge in [0.15, 0.2) is 5.82 Å². The zero-order chi connectivity index (χ0) is 20.2. The van der Waals surface area contributed by atoms with Gasteiger partial charge >= 0.3 is 0 Å². The molecular formula is C21H23FN4O3. The summed E-state index contributed by atoms with van der Waals surface area (Å²) < 4.78 is 25.8. The first-order chi connectivity index (χ1) is 14.1. The molecule has 0 N–H and O–H groups in total. The summed E-state index contributed by atoms with van der Waals surface area (Å²) in [4.78, 5) is 19.1. The SMILES string of the molecule is Cn1cccc1C(=O)N1CCCC(c2nc(CCOc3ccc(F)cc3)no2)C1. The van der Waals surface area contributed by atoms with E-state index in [1.807, 2.05) is 34.8 Å². The number of likely N-dealkylation sites (tertiary alicyclic amines) is 1. The Morgan fingerprint density at radius 3 is 2.90 bits per heavy atom. The molecule has 1 unspecified atom stereocenters. The van der Waals surface area contributed by atoms with Crippen LogP contribution in [0.1, 0.15) is 41.0 Å². The predicted octanol–water partition coefficient (Wildman–Crippen LogP) is 3.19. The fraction of sp³-hybridized carbons (Fsp3) is 0.381. The topological polar surface area (TPSA) is 73.4 Å². The standard InChI is InChI=1S/C21H23FN4O3/c1-25-11-3-5-18(25)21(27)26-12-2-4-15(14-26)20-23-19(24-29-20)10-13-28-17-8-6-16(22)7-9-17/h3,5-9,11,15H,2,4,10,12-14H2,1H3. The number of ether oxygens (including phenoxy) is 1. The van der Waals surface area contributed by atoms with Gasteiger partial charge < -0.3 is 18.7 Å². The monoisotopic (exact) mass is 398 g/mol. The van der Waals surface area contributed by atoms with E-state index in [1.165, 1.54) is 12.1 Å². The summed E-state index contributed by atoms with van der Waals surface area (Å²) in [7, 11) is 1.87. The average Bonchev–Trinajstić information content (AvgIpc) is 3.38. The van der Waals surface area contributed by atoms with Gasteiger partial charge in [-0.3, -0.25) is 4.79 Å². The van der Waals surface area contributed by atoms with Crippen molar-refractivity contribution in [1.82, 2.24) is 19.6 Å². The highest BCUT2D eigenvalue weighted by atomic mass is 19.1. The van der Waals surface area contributed by atoms with E-state index in [0.717, 1.165) is 19.4 Å². The van der Waals surface area contributed by atoms with Crippen molar-refractivity contribution >= 4 is 5.91 Å². The summed E-state index contributed by atoms with van der Waals surface area (Å²) in [6.07, 6.45) is 4.16. The lowest BCUT2D eigenvalue weighted by Crippen LogP contribution is -2.39. The maximum Gasteiger partial charge on any atom is 0.270 e. The van der Waals surface area contributed by atoms with Gasteiger partial charge in [-0.1, -0.05) is 5.16 Å². The Balaban J connectivity index is 1.33. The highest BCUT2D eigenvalue weighted by Crippen LogP contribution is 2.27. The lowest BCUT2D eigenvalue weighted by atomic mass is 9.97. The molecule has 0 bridgehead atoms. The summed E-state index contributed by atoms with van der Waals surface area (Å²) in [5, 5.41) is 4.04. The van der Waals surface area contributed by atoms with Gasteiger partial charge in [0.1, 0.15) is 17.3 Å². The van der Waals surface area contributed by atoms with E-state index in [1.54, 1.807) is 12.1 Å². The van der Waals surface area contributed by atoms with Crippen molar-refractivity contribution in [3.05, 3.63) is 65.8 Å². The molecular weight excluding hydrogens is 375 g/mol. The Kier molecular flexibility index (Phi) is 5.59. The van der Waals surface area contributed by atoms with Crippen LogP contribution < -0.4 is 4.74 Å². The highest BCUT2D eigenvalue weighted by molar-refractivity contribution is 5.92. The van der Waals surface area contributed by atoms with Crippen LogP contribution in [0.2, 0.25) is 0 Å². The van der Waals surface area contributed by atoms with Crippen LogP contribution in [0.4, 0.5) is 4.39 Å². The van der Waals surface area contributed by atoms with Gasteiger partial charge in [0, 0.05) is 32.8 Å². The van der Waals surface area contributed by atoms with Crippen molar-refractivity contribution in [3.63, 3.8) is 0 Å². The number of carbonyl (C=O) groups excluding carboxylic acids is 1. The minimum atomic E-state index is -0.299. The molecule has 2 aromatic heterocycles. The first-order valence-corrected chi connectivity index (χ1v) is 9.71. The van der Waals surface area contributed by atoms with E-state index >= 15 is 0 Å². The van der Waals surface area contributed by atoms with Crippen molar-refractivity contribution in [3.8, 4) is 5.75 Å². The first-order valence-electron chi connectivity index (χ1n) is 9.71. The second kappa shape index (κ2) is 8.46. The van der Waals surface area contributed by atoms with Crippen molar-refractivity contribution in [2.24, 2.45) is 7.05 Å². The summed E-state index contributed by atoms with van der Waals surface area (Å²) in [5.74, 6) is 1.48. The van der Waals surface area contributed by atoms with Crippen LogP contribution in [-0.4, -0.2) is 45.2 Å². The fourth-order valence-corrected chi connectivity index (χ4v) is 3.53. The number of aryl methyl sites for hydroxylation is 1. The second-order valence-electron chi connectivity index (χ2n) is 7.20. The van der Waals surface area contributed by atoms with Crippen molar-refractivity contribution in [2.75, 3.05) is 19.7 Å². The molecule has 0 spiro atoms. The number of rotatable bonds is 6. The molecule has 7 nitrogen and oxygen atoms in total. The van der Waals surface area contributed by atoms with Crippen LogP contribution in [0.15, 0.2) is 47.1 Å². The van der Waals surface area contributed by atoms with Crippen LogP contribution in [0, 0.1) is 5.82 Å². The van der Waals surface area contributed by atoms with Crippen LogP contribution in [0.3, 0.4) is 0 Å². The van der Waals surface area contributed by atoms with Crippen molar-refractivity contribution in [1.29, 1.82) is 0 Å². The molecule has 1 aliphatic heterocycles. The van der Waals surface area contributed by atoms with Gasteiger partial charge in [-0.25, -0.2) is 4.39 Å². The highest BCUT2D eigenvalue weighted by Gasteiger charge is 2.29. The molecule has 8 heteroatoms. The van der Waals surface area contributed by atoms with Crippen molar-refractivity contribution < 1.29 is 18.4 Å². The number of amides is 1. The van der Waals surface area contributed by atoms with Crippen LogP contribution in [0.25, 0.3) is 0 Å². The van der Waals surface area contributed by atoms with Crippen LogP contribution in [-0.2, 0) is 13.5 Å². The molecule has 4 rings (SSSR count). The molecule has 1 aliphatic rings. The smallest absolute Gasteiger partial charge is 0.270 e. The Hall–Kier alpha value is -3.16. The average molecular weight is 398 g/mol. The van der Waals surface area contributed by atoms with E-state index in [2.05, 4.69) is 10.1 Å². The number of carbonyl (C=O) groups is 1. The van der Waals surface area contributed by atoms with E-state index in [4.69, 9.17) is 9.26 Å². The lowest BCUT2D eigenvalue weighted by molar-refractivity contribution is 0.0686. The Morgan fingerprint density at radius 1 is 1.31 bits per heavy atom. The minimum absolute atomic E-state index is 0.0228.